The van der Waals surface area contributed by atoms with Crippen molar-refractivity contribution in [3.8, 4) is 0 Å². The van der Waals surface area contributed by atoms with E-state index in [2.05, 4.69) is 17.4 Å². The number of hydrogen-bond donors (Lipinski definition) is 1. The van der Waals surface area contributed by atoms with Crippen LogP contribution in [0.5, 0.6) is 0 Å². The normalized spacial score (nSPS) is 11.2. The van der Waals surface area contributed by atoms with Crippen LogP contribution in [0.2, 0.25) is 0 Å². The summed E-state index contributed by atoms with van der Waals surface area (Å²) in [6.07, 6.45) is 0. The fourth-order valence-corrected chi connectivity index (χ4v) is 0.403. The van der Waals surface area contributed by atoms with Gasteiger partial charge in [-0.15, -0.1) is 0 Å². The van der Waals surface area contributed by atoms with Crippen molar-refractivity contribution in [1.82, 2.24) is 0 Å². The SMILES string of the molecule is CCOC(=O)C(C)=CS. The summed E-state index contributed by atoms with van der Waals surface area (Å²) in [5, 5.41) is 1.43. The summed E-state index contributed by atoms with van der Waals surface area (Å²) in [6.45, 7) is 3.84. The fourth-order valence-electron chi connectivity index (χ4n) is 0.298. The van der Waals surface area contributed by atoms with Gasteiger partial charge in [0.2, 0.25) is 0 Å². The summed E-state index contributed by atoms with van der Waals surface area (Å²) < 4.78 is 4.64. The van der Waals surface area contributed by atoms with Gasteiger partial charge in [0.15, 0.2) is 0 Å². The molecule has 0 aromatic carbocycles. The molecule has 0 atom stereocenters. The Morgan fingerprint density at radius 1 is 1.78 bits per heavy atom. The molecule has 0 aromatic rings. The molecule has 0 N–H and O–H groups in total. The Labute approximate surface area is 60.3 Å². The molecule has 2 nitrogen and oxygen atoms in total. The van der Waals surface area contributed by atoms with Crippen molar-refractivity contribution in [2.75, 3.05) is 6.61 Å². The molecule has 9 heavy (non-hydrogen) atoms. The highest BCUT2D eigenvalue weighted by Crippen LogP contribution is 1.96. The number of esters is 1. The molecule has 0 saturated heterocycles. The second-order valence-electron chi connectivity index (χ2n) is 1.53. The van der Waals surface area contributed by atoms with Crippen molar-refractivity contribution in [1.29, 1.82) is 0 Å². The van der Waals surface area contributed by atoms with Crippen LogP contribution in [0.3, 0.4) is 0 Å². The van der Waals surface area contributed by atoms with Gasteiger partial charge in [0.05, 0.1) is 6.61 Å². The van der Waals surface area contributed by atoms with Crippen LogP contribution < -0.4 is 0 Å². The quantitative estimate of drug-likeness (QED) is 0.362. The molecule has 0 aliphatic heterocycles. The maximum Gasteiger partial charge on any atom is 0.334 e. The maximum atomic E-state index is 10.6. The van der Waals surface area contributed by atoms with Crippen molar-refractivity contribution < 1.29 is 9.53 Å². The molecule has 0 aromatic heterocycles. The predicted molar refractivity (Wildman–Crippen MR) is 39.4 cm³/mol. The minimum Gasteiger partial charge on any atom is -0.463 e. The van der Waals surface area contributed by atoms with Gasteiger partial charge in [0, 0.05) is 5.57 Å². The van der Waals surface area contributed by atoms with E-state index in [1.54, 1.807) is 13.8 Å². The first-order chi connectivity index (χ1) is 4.22. The summed E-state index contributed by atoms with van der Waals surface area (Å²) >= 11 is 3.78. The van der Waals surface area contributed by atoms with Gasteiger partial charge < -0.3 is 4.74 Å². The Balaban J connectivity index is 3.74. The van der Waals surface area contributed by atoms with Crippen molar-refractivity contribution in [3.63, 3.8) is 0 Å². The molecule has 52 valence electrons. The van der Waals surface area contributed by atoms with E-state index in [9.17, 15) is 4.79 Å². The number of carbonyl (C=O) groups is 1. The Kier molecular flexibility index (Phi) is 4.22. The number of rotatable bonds is 2. The van der Waals surface area contributed by atoms with Gasteiger partial charge in [-0.25, -0.2) is 4.79 Å². The van der Waals surface area contributed by atoms with Gasteiger partial charge in [0.25, 0.3) is 0 Å². The third kappa shape index (κ3) is 3.19. The number of thiol groups is 1. The van der Waals surface area contributed by atoms with Gasteiger partial charge in [-0.1, -0.05) is 0 Å². The largest absolute Gasteiger partial charge is 0.463 e. The van der Waals surface area contributed by atoms with E-state index in [1.807, 2.05) is 0 Å². The van der Waals surface area contributed by atoms with Gasteiger partial charge in [0.1, 0.15) is 0 Å². The van der Waals surface area contributed by atoms with E-state index in [4.69, 9.17) is 0 Å². The first kappa shape index (κ1) is 8.56. The van der Waals surface area contributed by atoms with Crippen molar-refractivity contribution >= 4 is 18.6 Å². The first-order valence-electron chi connectivity index (χ1n) is 2.70. The molecule has 3 heteroatoms. The second kappa shape index (κ2) is 4.44. The average molecular weight is 146 g/mol. The minimum atomic E-state index is -0.299. The maximum absolute atomic E-state index is 10.6. The lowest BCUT2D eigenvalue weighted by molar-refractivity contribution is -0.138. The number of ether oxygens (including phenoxy) is 1. The highest BCUT2D eigenvalue weighted by molar-refractivity contribution is 7.83. The molecule has 0 fully saturated rings. The molecule has 0 aliphatic rings. The molecule has 0 bridgehead atoms. The molecular formula is C6H10O2S. The Morgan fingerprint density at radius 3 is 2.67 bits per heavy atom. The molecule has 0 radical (unpaired) electrons. The second-order valence-corrected chi connectivity index (χ2v) is 1.79. The zero-order chi connectivity index (χ0) is 7.28. The van der Waals surface area contributed by atoms with Crippen molar-refractivity contribution in [3.05, 3.63) is 11.0 Å². The van der Waals surface area contributed by atoms with Gasteiger partial charge in [-0.2, -0.15) is 12.6 Å². The Bertz CT molecular complexity index is 129. The summed E-state index contributed by atoms with van der Waals surface area (Å²) in [4.78, 5) is 10.6. The van der Waals surface area contributed by atoms with Crippen LogP contribution in [-0.2, 0) is 9.53 Å². The highest BCUT2D eigenvalue weighted by atomic mass is 32.1. The third-order valence-corrected chi connectivity index (χ3v) is 1.18. The molecular weight excluding hydrogens is 136 g/mol. The molecule has 0 spiro atoms. The Hall–Kier alpha value is -0.440. The molecule has 0 heterocycles. The molecule has 0 saturated carbocycles. The lowest BCUT2D eigenvalue weighted by Gasteiger charge is -1.98. The summed E-state index contributed by atoms with van der Waals surface area (Å²) in [5.41, 5.74) is 0.528. The van der Waals surface area contributed by atoms with E-state index in [0.717, 1.165) is 0 Å². The molecule has 0 amide bonds. The third-order valence-electron chi connectivity index (χ3n) is 0.791. The highest BCUT2D eigenvalue weighted by Gasteiger charge is 2.00. The lowest BCUT2D eigenvalue weighted by Crippen LogP contribution is -2.04. The summed E-state index contributed by atoms with van der Waals surface area (Å²) in [5.74, 6) is -0.299. The topological polar surface area (TPSA) is 26.3 Å². The van der Waals surface area contributed by atoms with Gasteiger partial charge in [-0.3, -0.25) is 0 Å². The van der Waals surface area contributed by atoms with Crippen LogP contribution in [0, 0.1) is 0 Å². The van der Waals surface area contributed by atoms with E-state index < -0.39 is 0 Å². The smallest absolute Gasteiger partial charge is 0.334 e. The van der Waals surface area contributed by atoms with E-state index >= 15 is 0 Å². The van der Waals surface area contributed by atoms with E-state index in [1.165, 1.54) is 5.41 Å². The molecule has 0 aliphatic carbocycles. The monoisotopic (exact) mass is 146 g/mol. The molecule has 0 rings (SSSR count). The van der Waals surface area contributed by atoms with Crippen LogP contribution in [0.4, 0.5) is 0 Å². The zero-order valence-corrected chi connectivity index (χ0v) is 6.44. The van der Waals surface area contributed by atoms with Crippen LogP contribution in [0.15, 0.2) is 11.0 Å². The van der Waals surface area contributed by atoms with Crippen LogP contribution >= 0.6 is 12.6 Å². The van der Waals surface area contributed by atoms with Gasteiger partial charge >= 0.3 is 5.97 Å². The van der Waals surface area contributed by atoms with E-state index in [-0.39, 0.29) is 5.97 Å². The number of carbonyl (C=O) groups excluding carboxylic acids is 1. The van der Waals surface area contributed by atoms with Gasteiger partial charge in [-0.05, 0) is 19.3 Å². The van der Waals surface area contributed by atoms with Crippen molar-refractivity contribution in [2.24, 2.45) is 0 Å². The van der Waals surface area contributed by atoms with Crippen LogP contribution in [0.1, 0.15) is 13.8 Å². The fraction of sp³-hybridized carbons (Fsp3) is 0.500. The average Bonchev–Trinajstić information content (AvgIpc) is 1.87. The van der Waals surface area contributed by atoms with Crippen LogP contribution in [0.25, 0.3) is 0 Å². The number of hydrogen-bond acceptors (Lipinski definition) is 3. The standard InChI is InChI=1S/C6H10O2S/c1-3-8-6(7)5(2)4-9/h4,9H,3H2,1-2H3. The minimum absolute atomic E-state index is 0.299. The Morgan fingerprint density at radius 2 is 2.33 bits per heavy atom. The lowest BCUT2D eigenvalue weighted by atomic mass is 10.4. The zero-order valence-electron chi connectivity index (χ0n) is 5.55. The molecule has 0 unspecified atom stereocenters. The predicted octanol–water partition coefficient (Wildman–Crippen LogP) is 1.38. The van der Waals surface area contributed by atoms with Crippen molar-refractivity contribution in [2.45, 2.75) is 13.8 Å². The summed E-state index contributed by atoms with van der Waals surface area (Å²) in [7, 11) is 0. The first-order valence-corrected chi connectivity index (χ1v) is 3.22. The summed E-state index contributed by atoms with van der Waals surface area (Å²) in [6, 6.07) is 0. The van der Waals surface area contributed by atoms with E-state index in [0.29, 0.717) is 12.2 Å². The van der Waals surface area contributed by atoms with Crippen LogP contribution in [-0.4, -0.2) is 12.6 Å².